The average molecular weight is 125 g/mol. The van der Waals surface area contributed by atoms with Crippen LogP contribution in [0.4, 0.5) is 0 Å². The molecule has 0 aromatic carbocycles. The second-order valence-electron chi connectivity index (χ2n) is 3.01. The van der Waals surface area contributed by atoms with Crippen LogP contribution in [0, 0.1) is 5.92 Å². The molecule has 9 heavy (non-hydrogen) atoms. The molecule has 0 spiro atoms. The molecule has 0 aromatic rings. The van der Waals surface area contributed by atoms with Gasteiger partial charge in [-0.25, -0.2) is 0 Å². The summed E-state index contributed by atoms with van der Waals surface area (Å²) in [5, 5.41) is 0. The van der Waals surface area contributed by atoms with Crippen LogP contribution in [0.5, 0.6) is 0 Å². The zero-order valence-electron chi connectivity index (χ0n) is 6.30. The van der Waals surface area contributed by atoms with Crippen molar-refractivity contribution >= 4 is 0 Å². The molecule has 0 radical (unpaired) electrons. The maximum Gasteiger partial charge on any atom is 0.0194 e. The molecule has 1 aliphatic rings. The minimum atomic E-state index is 0.866. The maximum atomic E-state index is 2.31. The highest BCUT2D eigenvalue weighted by molar-refractivity contribution is 4.85. The molecule has 0 N–H and O–H groups in total. The topological polar surface area (TPSA) is 3.24 Å². The normalized spacial score (nSPS) is 28.2. The van der Waals surface area contributed by atoms with Crippen molar-refractivity contribution in [1.82, 2.24) is 4.90 Å². The first kappa shape index (κ1) is 6.66. The molecule has 0 unspecified atom stereocenters. The Labute approximate surface area is 57.4 Å². The largest absolute Gasteiger partial charge is 0.380 e. The molecule has 1 nitrogen and oxygen atoms in total. The predicted octanol–water partition coefficient (Wildman–Crippen LogP) is 1.86. The molecule has 1 heteroatoms. The van der Waals surface area contributed by atoms with E-state index < -0.39 is 0 Å². The highest BCUT2D eigenvalue weighted by Crippen LogP contribution is 2.11. The number of nitrogens with zero attached hydrogens (tertiary/aromatic N) is 1. The Morgan fingerprint density at radius 2 is 2.33 bits per heavy atom. The Kier molecular flexibility index (Phi) is 2.15. The van der Waals surface area contributed by atoms with Crippen LogP contribution in [0.15, 0.2) is 12.3 Å². The summed E-state index contributed by atoms with van der Waals surface area (Å²) in [4.78, 5) is 2.26. The van der Waals surface area contributed by atoms with Gasteiger partial charge in [0.05, 0.1) is 0 Å². The van der Waals surface area contributed by atoms with Crippen LogP contribution in [0.2, 0.25) is 0 Å². The van der Waals surface area contributed by atoms with E-state index in [4.69, 9.17) is 0 Å². The third-order valence-electron chi connectivity index (χ3n) is 1.79. The van der Waals surface area contributed by atoms with Crippen LogP contribution in [-0.4, -0.2) is 18.5 Å². The predicted molar refractivity (Wildman–Crippen MR) is 40.2 cm³/mol. The van der Waals surface area contributed by atoms with Crippen molar-refractivity contribution in [3.05, 3.63) is 12.3 Å². The van der Waals surface area contributed by atoms with Gasteiger partial charge in [-0.15, -0.1) is 0 Å². The Hall–Kier alpha value is -0.460. The second-order valence-corrected chi connectivity index (χ2v) is 3.01. The summed E-state index contributed by atoms with van der Waals surface area (Å²) >= 11 is 0. The fourth-order valence-electron chi connectivity index (χ4n) is 1.28. The molecule has 1 rings (SSSR count). The van der Waals surface area contributed by atoms with Crippen LogP contribution >= 0.6 is 0 Å². The third-order valence-corrected chi connectivity index (χ3v) is 1.79. The second kappa shape index (κ2) is 2.90. The zero-order valence-corrected chi connectivity index (χ0v) is 6.30. The molecular formula is C8H15N. The first-order chi connectivity index (χ1) is 4.29. The molecule has 0 amide bonds. The summed E-state index contributed by atoms with van der Waals surface area (Å²) in [5.41, 5.74) is 0. The summed E-state index contributed by atoms with van der Waals surface area (Å²) in [6, 6.07) is 0. The van der Waals surface area contributed by atoms with Crippen LogP contribution < -0.4 is 0 Å². The van der Waals surface area contributed by atoms with Crippen molar-refractivity contribution in [3.63, 3.8) is 0 Å². The molecule has 1 aliphatic heterocycles. The van der Waals surface area contributed by atoms with E-state index in [1.165, 1.54) is 19.4 Å². The quantitative estimate of drug-likeness (QED) is 0.477. The highest BCUT2D eigenvalue weighted by atomic mass is 15.1. The molecule has 0 fully saturated rings. The standard InChI is InChI=1S/C8H15N/c1-8-5-3-4-6-9(2)7-8/h4,6,8H,3,5,7H2,1-2H3/t8-/m0/s1. The maximum absolute atomic E-state index is 2.31. The summed E-state index contributed by atoms with van der Waals surface area (Å²) < 4.78 is 0. The van der Waals surface area contributed by atoms with Gasteiger partial charge in [0.25, 0.3) is 0 Å². The highest BCUT2D eigenvalue weighted by Gasteiger charge is 2.04. The lowest BCUT2D eigenvalue weighted by Gasteiger charge is -2.15. The van der Waals surface area contributed by atoms with Gasteiger partial charge in [-0.05, 0) is 25.0 Å². The molecular weight excluding hydrogens is 110 g/mol. The number of hydrogen-bond donors (Lipinski definition) is 0. The number of allylic oxidation sites excluding steroid dienone is 1. The van der Waals surface area contributed by atoms with Crippen molar-refractivity contribution in [1.29, 1.82) is 0 Å². The SMILES string of the molecule is C[C@H]1CCC=CN(C)C1. The van der Waals surface area contributed by atoms with Crippen LogP contribution in [0.1, 0.15) is 19.8 Å². The van der Waals surface area contributed by atoms with E-state index in [-0.39, 0.29) is 0 Å². The third kappa shape index (κ3) is 2.08. The van der Waals surface area contributed by atoms with E-state index in [1.54, 1.807) is 0 Å². The van der Waals surface area contributed by atoms with E-state index in [1.807, 2.05) is 0 Å². The molecule has 0 aliphatic carbocycles. The molecule has 0 saturated carbocycles. The summed E-state index contributed by atoms with van der Waals surface area (Å²) in [6.07, 6.45) is 7.04. The van der Waals surface area contributed by atoms with Gasteiger partial charge in [-0.3, -0.25) is 0 Å². The first-order valence-electron chi connectivity index (χ1n) is 3.66. The van der Waals surface area contributed by atoms with Gasteiger partial charge >= 0.3 is 0 Å². The lowest BCUT2D eigenvalue weighted by atomic mass is 10.1. The van der Waals surface area contributed by atoms with Gasteiger partial charge in [0.15, 0.2) is 0 Å². The van der Waals surface area contributed by atoms with E-state index in [0.717, 1.165) is 5.92 Å². The van der Waals surface area contributed by atoms with Crippen molar-refractivity contribution in [2.45, 2.75) is 19.8 Å². The monoisotopic (exact) mass is 125 g/mol. The lowest BCUT2D eigenvalue weighted by Crippen LogP contribution is -2.16. The molecule has 1 atom stereocenters. The van der Waals surface area contributed by atoms with Gasteiger partial charge in [0, 0.05) is 13.6 Å². The Morgan fingerprint density at radius 1 is 1.56 bits per heavy atom. The molecule has 0 aromatic heterocycles. The van der Waals surface area contributed by atoms with Crippen molar-refractivity contribution in [2.75, 3.05) is 13.6 Å². The smallest absolute Gasteiger partial charge is 0.0194 e. The lowest BCUT2D eigenvalue weighted by molar-refractivity contribution is 0.373. The fraction of sp³-hybridized carbons (Fsp3) is 0.750. The molecule has 52 valence electrons. The Bertz CT molecular complexity index is 107. The van der Waals surface area contributed by atoms with Gasteiger partial charge in [-0.1, -0.05) is 13.0 Å². The van der Waals surface area contributed by atoms with Gasteiger partial charge < -0.3 is 4.90 Å². The summed E-state index contributed by atoms with van der Waals surface area (Å²) in [5.74, 6) is 0.866. The zero-order chi connectivity index (χ0) is 6.69. The first-order valence-corrected chi connectivity index (χ1v) is 3.66. The molecule has 0 bridgehead atoms. The molecule has 0 saturated heterocycles. The van der Waals surface area contributed by atoms with Gasteiger partial charge in [0.2, 0.25) is 0 Å². The van der Waals surface area contributed by atoms with Crippen molar-refractivity contribution in [3.8, 4) is 0 Å². The van der Waals surface area contributed by atoms with E-state index in [2.05, 4.69) is 31.1 Å². The van der Waals surface area contributed by atoms with Gasteiger partial charge in [-0.2, -0.15) is 0 Å². The van der Waals surface area contributed by atoms with Crippen molar-refractivity contribution in [2.24, 2.45) is 5.92 Å². The fourth-order valence-corrected chi connectivity index (χ4v) is 1.28. The van der Waals surface area contributed by atoms with E-state index in [0.29, 0.717) is 0 Å². The van der Waals surface area contributed by atoms with Crippen LogP contribution in [0.25, 0.3) is 0 Å². The molecule has 1 heterocycles. The summed E-state index contributed by atoms with van der Waals surface area (Å²) in [6.45, 7) is 3.53. The Morgan fingerprint density at radius 3 is 3.11 bits per heavy atom. The van der Waals surface area contributed by atoms with Crippen LogP contribution in [-0.2, 0) is 0 Å². The minimum Gasteiger partial charge on any atom is -0.380 e. The minimum absolute atomic E-state index is 0.866. The van der Waals surface area contributed by atoms with E-state index >= 15 is 0 Å². The Balaban J connectivity index is 2.40. The number of hydrogen-bond acceptors (Lipinski definition) is 1. The average Bonchev–Trinajstić information content (AvgIpc) is 1.93. The summed E-state index contributed by atoms with van der Waals surface area (Å²) in [7, 11) is 2.14. The van der Waals surface area contributed by atoms with Gasteiger partial charge in [0.1, 0.15) is 0 Å². The van der Waals surface area contributed by atoms with Crippen LogP contribution in [0.3, 0.4) is 0 Å². The number of rotatable bonds is 0. The van der Waals surface area contributed by atoms with Crippen molar-refractivity contribution < 1.29 is 0 Å². The van der Waals surface area contributed by atoms with E-state index in [9.17, 15) is 0 Å².